The number of imidazole rings is 1. The molecular formula is C17H25N3. The Hall–Kier alpha value is -1.77. The molecule has 0 aliphatic heterocycles. The fourth-order valence-corrected chi connectivity index (χ4v) is 2.44. The van der Waals surface area contributed by atoms with Gasteiger partial charge in [0.05, 0.1) is 11.7 Å². The molecule has 2 aromatic rings. The molecule has 0 aliphatic rings. The Morgan fingerprint density at radius 1 is 1.15 bits per heavy atom. The molecule has 20 heavy (non-hydrogen) atoms. The van der Waals surface area contributed by atoms with Crippen LogP contribution in [0, 0.1) is 19.8 Å². The third kappa shape index (κ3) is 3.21. The molecule has 0 amide bonds. The Morgan fingerprint density at radius 2 is 1.85 bits per heavy atom. The van der Waals surface area contributed by atoms with Gasteiger partial charge in [0.2, 0.25) is 5.95 Å². The molecule has 0 spiro atoms. The second-order valence-electron chi connectivity index (χ2n) is 5.92. The minimum atomic E-state index is 0.284. The molecule has 1 unspecified atom stereocenters. The van der Waals surface area contributed by atoms with Crippen LogP contribution in [0.15, 0.2) is 30.5 Å². The minimum absolute atomic E-state index is 0.284. The molecule has 0 saturated carbocycles. The van der Waals surface area contributed by atoms with Crippen molar-refractivity contribution >= 4 is 5.95 Å². The van der Waals surface area contributed by atoms with E-state index in [1.807, 2.05) is 6.92 Å². The summed E-state index contributed by atoms with van der Waals surface area (Å²) in [6.07, 6.45) is 2.12. The monoisotopic (exact) mass is 271 g/mol. The van der Waals surface area contributed by atoms with Gasteiger partial charge in [0.1, 0.15) is 0 Å². The summed E-state index contributed by atoms with van der Waals surface area (Å²) in [5, 5.41) is 3.46. The SMILES string of the molecule is Cc1cn(C(C)c2ccccc2C)c(NCC(C)C)n1. The van der Waals surface area contributed by atoms with E-state index in [2.05, 4.69) is 73.0 Å². The zero-order chi connectivity index (χ0) is 14.7. The van der Waals surface area contributed by atoms with Gasteiger partial charge in [-0.2, -0.15) is 0 Å². The molecule has 0 fully saturated rings. The van der Waals surface area contributed by atoms with Gasteiger partial charge >= 0.3 is 0 Å². The van der Waals surface area contributed by atoms with Gasteiger partial charge < -0.3 is 9.88 Å². The van der Waals surface area contributed by atoms with E-state index in [4.69, 9.17) is 0 Å². The van der Waals surface area contributed by atoms with Crippen molar-refractivity contribution in [3.8, 4) is 0 Å². The largest absolute Gasteiger partial charge is 0.355 e. The van der Waals surface area contributed by atoms with Crippen LogP contribution >= 0.6 is 0 Å². The lowest BCUT2D eigenvalue weighted by Crippen LogP contribution is -2.15. The summed E-state index contributed by atoms with van der Waals surface area (Å²) >= 11 is 0. The molecule has 1 atom stereocenters. The fraction of sp³-hybridized carbons (Fsp3) is 0.471. The Bertz CT molecular complexity index is 569. The summed E-state index contributed by atoms with van der Waals surface area (Å²) in [4.78, 5) is 4.61. The van der Waals surface area contributed by atoms with E-state index in [0.29, 0.717) is 5.92 Å². The Kier molecular flexibility index (Phi) is 4.48. The zero-order valence-corrected chi connectivity index (χ0v) is 13.1. The van der Waals surface area contributed by atoms with Crippen molar-refractivity contribution < 1.29 is 0 Å². The van der Waals surface area contributed by atoms with Crippen LogP contribution in [0.2, 0.25) is 0 Å². The maximum atomic E-state index is 4.61. The Morgan fingerprint density at radius 3 is 2.50 bits per heavy atom. The summed E-state index contributed by atoms with van der Waals surface area (Å²) in [7, 11) is 0. The maximum absolute atomic E-state index is 4.61. The standard InChI is InChI=1S/C17H25N3/c1-12(2)10-18-17-19-14(4)11-20(17)15(5)16-9-7-6-8-13(16)3/h6-9,11-12,15H,10H2,1-5H3,(H,18,19). The molecule has 108 valence electrons. The molecule has 0 saturated heterocycles. The minimum Gasteiger partial charge on any atom is -0.355 e. The zero-order valence-electron chi connectivity index (χ0n) is 13.1. The van der Waals surface area contributed by atoms with Crippen LogP contribution in [0.1, 0.15) is 43.6 Å². The highest BCUT2D eigenvalue weighted by Gasteiger charge is 2.15. The van der Waals surface area contributed by atoms with E-state index in [0.717, 1.165) is 18.2 Å². The number of aromatic nitrogens is 2. The molecule has 3 heteroatoms. The predicted octanol–water partition coefficient (Wildman–Crippen LogP) is 4.18. The van der Waals surface area contributed by atoms with Crippen molar-refractivity contribution in [1.82, 2.24) is 9.55 Å². The average molecular weight is 271 g/mol. The smallest absolute Gasteiger partial charge is 0.203 e. The van der Waals surface area contributed by atoms with E-state index in [1.165, 1.54) is 11.1 Å². The van der Waals surface area contributed by atoms with Crippen LogP contribution in [-0.4, -0.2) is 16.1 Å². The van der Waals surface area contributed by atoms with Crippen LogP contribution in [-0.2, 0) is 0 Å². The Balaban J connectivity index is 2.30. The molecule has 0 aliphatic carbocycles. The first-order chi connectivity index (χ1) is 9.49. The third-order valence-corrected chi connectivity index (χ3v) is 3.58. The van der Waals surface area contributed by atoms with Gasteiger partial charge in [-0.1, -0.05) is 38.1 Å². The lowest BCUT2D eigenvalue weighted by Gasteiger charge is -2.19. The van der Waals surface area contributed by atoms with Crippen molar-refractivity contribution in [3.63, 3.8) is 0 Å². The third-order valence-electron chi connectivity index (χ3n) is 3.58. The van der Waals surface area contributed by atoms with Crippen LogP contribution in [0.25, 0.3) is 0 Å². The second kappa shape index (κ2) is 6.12. The van der Waals surface area contributed by atoms with Gasteiger partial charge in [-0.25, -0.2) is 4.98 Å². The highest BCUT2D eigenvalue weighted by molar-refractivity contribution is 5.35. The molecule has 0 bridgehead atoms. The van der Waals surface area contributed by atoms with Crippen molar-refractivity contribution in [2.75, 3.05) is 11.9 Å². The van der Waals surface area contributed by atoms with E-state index >= 15 is 0 Å². The van der Waals surface area contributed by atoms with Crippen LogP contribution < -0.4 is 5.32 Å². The molecule has 1 heterocycles. The maximum Gasteiger partial charge on any atom is 0.203 e. The number of aryl methyl sites for hydroxylation is 2. The van der Waals surface area contributed by atoms with E-state index in [9.17, 15) is 0 Å². The number of anilines is 1. The number of hydrogen-bond acceptors (Lipinski definition) is 2. The molecule has 1 N–H and O–H groups in total. The Labute approximate surface area is 122 Å². The quantitative estimate of drug-likeness (QED) is 0.884. The average Bonchev–Trinajstić information content (AvgIpc) is 2.77. The summed E-state index contributed by atoms with van der Waals surface area (Å²) in [6.45, 7) is 11.8. The van der Waals surface area contributed by atoms with Gasteiger partial charge in [0.25, 0.3) is 0 Å². The topological polar surface area (TPSA) is 29.9 Å². The van der Waals surface area contributed by atoms with Crippen molar-refractivity contribution in [2.24, 2.45) is 5.92 Å². The molecule has 0 radical (unpaired) electrons. The van der Waals surface area contributed by atoms with Crippen LogP contribution in [0.5, 0.6) is 0 Å². The molecule has 3 nitrogen and oxygen atoms in total. The van der Waals surface area contributed by atoms with E-state index in [1.54, 1.807) is 0 Å². The number of nitrogens with one attached hydrogen (secondary N) is 1. The van der Waals surface area contributed by atoms with Gasteiger partial charge in [0, 0.05) is 12.7 Å². The van der Waals surface area contributed by atoms with Crippen LogP contribution in [0.4, 0.5) is 5.95 Å². The highest BCUT2D eigenvalue weighted by Crippen LogP contribution is 2.25. The van der Waals surface area contributed by atoms with Gasteiger partial charge in [-0.3, -0.25) is 0 Å². The second-order valence-corrected chi connectivity index (χ2v) is 5.92. The normalized spacial score (nSPS) is 12.7. The fourth-order valence-electron chi connectivity index (χ4n) is 2.44. The predicted molar refractivity (Wildman–Crippen MR) is 85.3 cm³/mol. The molecular weight excluding hydrogens is 246 g/mol. The first-order valence-electron chi connectivity index (χ1n) is 7.34. The summed E-state index contributed by atoms with van der Waals surface area (Å²) < 4.78 is 2.24. The molecule has 1 aromatic carbocycles. The first kappa shape index (κ1) is 14.6. The van der Waals surface area contributed by atoms with Crippen LogP contribution in [0.3, 0.4) is 0 Å². The lowest BCUT2D eigenvalue weighted by atomic mass is 10.0. The number of hydrogen-bond donors (Lipinski definition) is 1. The van der Waals surface area contributed by atoms with E-state index < -0.39 is 0 Å². The summed E-state index contributed by atoms with van der Waals surface area (Å²) in [5.41, 5.74) is 3.72. The van der Waals surface area contributed by atoms with Gasteiger partial charge in [0.15, 0.2) is 0 Å². The number of rotatable bonds is 5. The highest BCUT2D eigenvalue weighted by atomic mass is 15.2. The van der Waals surface area contributed by atoms with Gasteiger partial charge in [-0.15, -0.1) is 0 Å². The van der Waals surface area contributed by atoms with Gasteiger partial charge in [-0.05, 0) is 37.8 Å². The van der Waals surface area contributed by atoms with Crippen molar-refractivity contribution in [3.05, 3.63) is 47.3 Å². The lowest BCUT2D eigenvalue weighted by molar-refractivity contribution is 0.626. The van der Waals surface area contributed by atoms with E-state index in [-0.39, 0.29) is 6.04 Å². The first-order valence-corrected chi connectivity index (χ1v) is 7.34. The number of benzene rings is 1. The van der Waals surface area contributed by atoms with Crippen molar-refractivity contribution in [2.45, 2.75) is 40.7 Å². The molecule has 2 rings (SSSR count). The summed E-state index contributed by atoms with van der Waals surface area (Å²) in [5.74, 6) is 1.57. The van der Waals surface area contributed by atoms with Crippen molar-refractivity contribution in [1.29, 1.82) is 0 Å². The molecule has 1 aromatic heterocycles. The number of nitrogens with zero attached hydrogens (tertiary/aromatic N) is 2. The summed E-state index contributed by atoms with van der Waals surface area (Å²) in [6, 6.07) is 8.83.